The number of aromatic nitrogens is 2. The first-order chi connectivity index (χ1) is 24.7. The first kappa shape index (κ1) is 40.2. The van der Waals surface area contributed by atoms with E-state index in [1.54, 1.807) is 0 Å². The summed E-state index contributed by atoms with van der Waals surface area (Å²) in [5.74, 6) is -1.67. The number of alkyl halides is 9. The number of carbonyl (C=O) groups is 2. The molecule has 0 aliphatic rings. The van der Waals surface area contributed by atoms with Gasteiger partial charge in [-0.2, -0.15) is 39.5 Å². The lowest BCUT2D eigenvalue weighted by Gasteiger charge is -2.26. The lowest BCUT2D eigenvalue weighted by molar-refractivity contribution is -0.143. The summed E-state index contributed by atoms with van der Waals surface area (Å²) in [6.07, 6.45) is -13.1. The van der Waals surface area contributed by atoms with Crippen LogP contribution in [0, 0.1) is 0 Å². The maximum atomic E-state index is 14.1. The Bertz CT molecular complexity index is 1900. The van der Waals surface area contributed by atoms with Crippen LogP contribution in [0.1, 0.15) is 51.0 Å². The van der Waals surface area contributed by atoms with E-state index in [9.17, 15) is 49.1 Å². The first-order valence-electron chi connectivity index (χ1n) is 15.5. The van der Waals surface area contributed by atoms with Gasteiger partial charge in [0, 0.05) is 44.7 Å². The Morgan fingerprint density at radius 2 is 1.36 bits per heavy atom. The molecule has 18 heteroatoms. The molecule has 0 atom stereocenters. The van der Waals surface area contributed by atoms with Crippen LogP contribution in [0.2, 0.25) is 0 Å². The van der Waals surface area contributed by atoms with Gasteiger partial charge in [0.25, 0.3) is 5.91 Å². The molecule has 53 heavy (non-hydrogen) atoms. The van der Waals surface area contributed by atoms with Crippen molar-refractivity contribution in [3.8, 4) is 22.6 Å². The fraction of sp³-hybridized carbons (Fsp3) is 0.314. The van der Waals surface area contributed by atoms with E-state index in [2.05, 4.69) is 9.97 Å². The number of methoxy groups -OCH3 is 1. The molecule has 4 aromatic rings. The molecule has 1 heterocycles. The molecule has 0 spiro atoms. The third kappa shape index (κ3) is 10.5. The van der Waals surface area contributed by atoms with Crippen molar-refractivity contribution < 1.29 is 63.7 Å². The molecule has 0 aliphatic heterocycles. The summed E-state index contributed by atoms with van der Waals surface area (Å²) < 4.78 is 136. The van der Waals surface area contributed by atoms with Crippen molar-refractivity contribution in [1.29, 1.82) is 0 Å². The van der Waals surface area contributed by atoms with E-state index >= 15 is 0 Å². The van der Waals surface area contributed by atoms with Crippen molar-refractivity contribution in [3.05, 3.63) is 100 Å². The van der Waals surface area contributed by atoms with Crippen LogP contribution in [-0.4, -0.2) is 59.7 Å². The van der Waals surface area contributed by atoms with Gasteiger partial charge in [-0.15, -0.1) is 0 Å². The normalized spacial score (nSPS) is 12.0. The number of hydrogen-bond donors (Lipinski definition) is 1. The smallest absolute Gasteiger partial charge is 0.416 e. The van der Waals surface area contributed by atoms with Gasteiger partial charge in [-0.1, -0.05) is 6.07 Å². The number of nitrogens with zero attached hydrogens (tertiary/aromatic N) is 4. The van der Waals surface area contributed by atoms with Crippen LogP contribution < -0.4 is 14.4 Å². The number of carboxylic acid groups (broad SMARTS) is 1. The Hall–Kier alpha value is -5.55. The van der Waals surface area contributed by atoms with E-state index in [1.165, 1.54) is 44.3 Å². The van der Waals surface area contributed by atoms with Crippen LogP contribution in [0.5, 0.6) is 11.5 Å². The lowest BCUT2D eigenvalue weighted by atomic mass is 9.94. The molecule has 9 nitrogen and oxygen atoms in total. The fourth-order valence-corrected chi connectivity index (χ4v) is 5.17. The van der Waals surface area contributed by atoms with Gasteiger partial charge in [0.1, 0.15) is 5.75 Å². The minimum Gasteiger partial charge on any atom is -0.496 e. The maximum absolute atomic E-state index is 14.1. The predicted octanol–water partition coefficient (Wildman–Crippen LogP) is 8.36. The summed E-state index contributed by atoms with van der Waals surface area (Å²) in [7, 11) is 4.25. The quantitative estimate of drug-likeness (QED) is 0.107. The molecule has 1 amide bonds. The number of aliphatic carboxylic acids is 1. The predicted molar refractivity (Wildman–Crippen MR) is 172 cm³/mol. The number of carbonyl (C=O) groups excluding carboxylic acids is 1. The fourth-order valence-electron chi connectivity index (χ4n) is 5.17. The molecule has 0 bridgehead atoms. The second-order valence-corrected chi connectivity index (χ2v) is 11.8. The molecule has 0 saturated carbocycles. The van der Waals surface area contributed by atoms with Crippen LogP contribution in [0.25, 0.3) is 11.1 Å². The highest BCUT2D eigenvalue weighted by atomic mass is 19.4. The van der Waals surface area contributed by atoms with Crippen molar-refractivity contribution in [2.75, 3.05) is 32.7 Å². The van der Waals surface area contributed by atoms with E-state index in [4.69, 9.17) is 14.6 Å². The summed E-state index contributed by atoms with van der Waals surface area (Å²) in [5, 5.41) is 8.82. The maximum Gasteiger partial charge on any atom is 0.416 e. The third-order valence-corrected chi connectivity index (χ3v) is 7.66. The van der Waals surface area contributed by atoms with Crippen LogP contribution in [0.3, 0.4) is 0 Å². The van der Waals surface area contributed by atoms with Gasteiger partial charge in [0.05, 0.1) is 42.8 Å². The summed E-state index contributed by atoms with van der Waals surface area (Å²) in [4.78, 5) is 34.2. The zero-order chi connectivity index (χ0) is 39.3. The van der Waals surface area contributed by atoms with E-state index in [0.717, 1.165) is 35.5 Å². The second kappa shape index (κ2) is 16.0. The third-order valence-electron chi connectivity index (χ3n) is 7.66. The summed E-state index contributed by atoms with van der Waals surface area (Å²) in [5.41, 5.74) is -4.61. The Morgan fingerprint density at radius 1 is 0.755 bits per heavy atom. The molecular weight excluding hydrogens is 727 g/mol. The standard InChI is InChI=1S/C35H31F9N4O5/c1-47(2)31(51)21-6-9-29(52-3)28(14-21)27-8-7-23(33(36,37)38)13-22(27)19-48(32-45-16-26(17-46-32)53-10-4-5-30(49)50)18-20-11-24(34(39,40)41)15-25(12-20)35(42,43)44/h6-9,11-17H,4-5,10,18-19H2,1-3H3,(H,49,50). The Labute approximate surface area is 296 Å². The number of rotatable bonds is 13. The Balaban J connectivity index is 1.89. The molecule has 1 aromatic heterocycles. The second-order valence-electron chi connectivity index (χ2n) is 11.8. The van der Waals surface area contributed by atoms with Crippen molar-refractivity contribution in [2.24, 2.45) is 0 Å². The number of hydrogen-bond acceptors (Lipinski definition) is 7. The van der Waals surface area contributed by atoms with Gasteiger partial charge in [-0.3, -0.25) is 9.59 Å². The minimum atomic E-state index is -5.18. The van der Waals surface area contributed by atoms with Crippen molar-refractivity contribution in [3.63, 3.8) is 0 Å². The van der Waals surface area contributed by atoms with Crippen LogP contribution in [0.15, 0.2) is 67.0 Å². The van der Waals surface area contributed by atoms with Crippen molar-refractivity contribution >= 4 is 17.8 Å². The van der Waals surface area contributed by atoms with Gasteiger partial charge in [0.2, 0.25) is 5.95 Å². The van der Waals surface area contributed by atoms with Crippen molar-refractivity contribution in [1.82, 2.24) is 14.9 Å². The highest BCUT2D eigenvalue weighted by molar-refractivity contribution is 5.96. The van der Waals surface area contributed by atoms with E-state index in [1.807, 2.05) is 0 Å². The molecule has 0 radical (unpaired) electrons. The number of ether oxygens (including phenoxy) is 2. The number of halogens is 9. The molecule has 0 aliphatic carbocycles. The highest BCUT2D eigenvalue weighted by Crippen LogP contribution is 2.40. The molecule has 3 aromatic carbocycles. The van der Waals surface area contributed by atoms with Gasteiger partial charge in [-0.25, -0.2) is 9.97 Å². The van der Waals surface area contributed by atoms with Gasteiger partial charge >= 0.3 is 24.5 Å². The van der Waals surface area contributed by atoms with E-state index < -0.39 is 65.7 Å². The molecular formula is C35H31F9N4O5. The molecule has 0 fully saturated rings. The average Bonchev–Trinajstić information content (AvgIpc) is 3.08. The Kier molecular flexibility index (Phi) is 12.1. The van der Waals surface area contributed by atoms with Crippen LogP contribution in [-0.2, 0) is 36.4 Å². The van der Waals surface area contributed by atoms with Gasteiger partial charge in [-0.05, 0) is 71.6 Å². The summed E-state index contributed by atoms with van der Waals surface area (Å²) in [6.45, 7) is -1.42. The number of carboxylic acids is 1. The van der Waals surface area contributed by atoms with Crippen molar-refractivity contribution in [2.45, 2.75) is 44.5 Å². The first-order valence-corrected chi connectivity index (χ1v) is 15.5. The molecule has 0 saturated heterocycles. The monoisotopic (exact) mass is 758 g/mol. The summed E-state index contributed by atoms with van der Waals surface area (Å²) >= 11 is 0. The Morgan fingerprint density at radius 3 is 1.89 bits per heavy atom. The van der Waals surface area contributed by atoms with Crippen LogP contribution >= 0.6 is 0 Å². The zero-order valence-electron chi connectivity index (χ0n) is 28.2. The topological polar surface area (TPSA) is 105 Å². The van der Waals surface area contributed by atoms with Gasteiger partial charge < -0.3 is 24.4 Å². The molecule has 1 N–H and O–H groups in total. The lowest BCUT2D eigenvalue weighted by Crippen LogP contribution is -2.26. The average molecular weight is 759 g/mol. The zero-order valence-corrected chi connectivity index (χ0v) is 28.2. The number of amides is 1. The molecule has 0 unspecified atom stereocenters. The highest BCUT2D eigenvalue weighted by Gasteiger charge is 2.37. The number of benzene rings is 3. The SMILES string of the molecule is COc1ccc(C(=O)N(C)C)cc1-c1ccc(C(F)(F)F)cc1CN(Cc1cc(C(F)(F)F)cc(C(F)(F)F)c1)c1ncc(OCCCC(=O)O)cn1. The van der Waals surface area contributed by atoms with Gasteiger partial charge in [0.15, 0.2) is 5.75 Å². The largest absolute Gasteiger partial charge is 0.496 e. The van der Waals surface area contributed by atoms with Crippen LogP contribution in [0.4, 0.5) is 45.5 Å². The van der Waals surface area contributed by atoms with E-state index in [-0.39, 0.29) is 65.2 Å². The molecule has 284 valence electrons. The number of anilines is 1. The summed E-state index contributed by atoms with van der Waals surface area (Å²) in [6, 6.07) is 7.79. The van der Waals surface area contributed by atoms with E-state index in [0.29, 0.717) is 12.1 Å². The minimum absolute atomic E-state index is 0.0318. The molecule has 4 rings (SSSR count).